The third-order valence-electron chi connectivity index (χ3n) is 4.63. The zero-order valence-corrected chi connectivity index (χ0v) is 18.1. The molecule has 0 fully saturated rings. The lowest BCUT2D eigenvalue weighted by Crippen LogP contribution is -2.32. The number of carbonyl (C=O) groups is 1. The highest BCUT2D eigenvalue weighted by Gasteiger charge is 2.36. The number of nitrogens with zero attached hydrogens (tertiary/aromatic N) is 2. The van der Waals surface area contributed by atoms with Crippen molar-refractivity contribution in [3.63, 3.8) is 0 Å². The molecule has 0 atom stereocenters. The van der Waals surface area contributed by atoms with Gasteiger partial charge in [-0.15, -0.1) is 0 Å². The summed E-state index contributed by atoms with van der Waals surface area (Å²) >= 11 is 6.11. The molecule has 0 spiro atoms. The van der Waals surface area contributed by atoms with Crippen LogP contribution in [0.25, 0.3) is 5.69 Å². The maximum Gasteiger partial charge on any atom is 0.435 e. The number of carbonyl (C=O) groups excluding carboxylic acids is 1. The first-order chi connectivity index (χ1) is 14.5. The summed E-state index contributed by atoms with van der Waals surface area (Å²) in [7, 11) is 0. The molecule has 1 N–H and O–H groups in total. The minimum absolute atomic E-state index is 0.162. The molecule has 2 aromatic rings. The second-order valence-corrected chi connectivity index (χ2v) is 8.54. The van der Waals surface area contributed by atoms with Gasteiger partial charge in [-0.1, -0.05) is 56.7 Å². The van der Waals surface area contributed by atoms with Crippen LogP contribution in [-0.2, 0) is 11.0 Å². The van der Waals surface area contributed by atoms with Crippen LogP contribution in [-0.4, -0.2) is 22.3 Å². The monoisotopic (exact) mass is 453 g/mol. The highest BCUT2D eigenvalue weighted by Crippen LogP contribution is 2.34. The van der Waals surface area contributed by atoms with Crippen molar-refractivity contribution in [2.24, 2.45) is 5.41 Å². The maximum atomic E-state index is 13.2. The number of para-hydroxylation sites is 1. The Morgan fingerprint density at radius 2 is 1.87 bits per heavy atom. The number of amides is 1. The summed E-state index contributed by atoms with van der Waals surface area (Å²) in [6.45, 7) is 5.65. The van der Waals surface area contributed by atoms with Crippen molar-refractivity contribution in [2.75, 3.05) is 6.61 Å². The first-order valence-electron chi connectivity index (χ1n) is 9.73. The van der Waals surface area contributed by atoms with Crippen LogP contribution in [0.15, 0.2) is 53.8 Å². The predicted octanol–water partition coefficient (Wildman–Crippen LogP) is 5.69. The summed E-state index contributed by atoms with van der Waals surface area (Å²) < 4.78 is 46.0. The van der Waals surface area contributed by atoms with Crippen molar-refractivity contribution >= 4 is 17.5 Å². The minimum Gasteiger partial charge on any atom is -0.467 e. The largest absolute Gasteiger partial charge is 0.467 e. The third-order valence-corrected chi connectivity index (χ3v) is 4.95. The standard InChI is InChI=1S/C22H23ClF3N3O2/c1-21(2,3)14-8-4-6-10-16(14)27-19(30)13-31-20-12-18(22(24,25)26)28-29(20)17-11-7-5-9-15(17)23/h5,7-12H,4,6,13H2,1-3H3,(H,27,30). The fourth-order valence-electron chi connectivity index (χ4n) is 3.23. The molecule has 9 heteroatoms. The molecule has 1 aliphatic rings. The van der Waals surface area contributed by atoms with E-state index in [9.17, 15) is 18.0 Å². The summed E-state index contributed by atoms with van der Waals surface area (Å²) in [5, 5.41) is 6.58. The van der Waals surface area contributed by atoms with E-state index in [1.807, 2.05) is 26.8 Å². The molecule has 0 saturated carbocycles. The van der Waals surface area contributed by atoms with Gasteiger partial charge in [0.15, 0.2) is 12.3 Å². The Balaban J connectivity index is 1.79. The first-order valence-corrected chi connectivity index (χ1v) is 10.1. The van der Waals surface area contributed by atoms with Gasteiger partial charge in [0.1, 0.15) is 0 Å². The number of ether oxygens (including phenoxy) is 1. The van der Waals surface area contributed by atoms with Crippen LogP contribution in [0.2, 0.25) is 5.02 Å². The SMILES string of the molecule is CC(C)(C)C1=CCCC=C1NC(=O)COc1cc(C(F)(F)F)nn1-c1ccccc1Cl. The van der Waals surface area contributed by atoms with Crippen molar-refractivity contribution in [3.8, 4) is 11.6 Å². The zero-order valence-electron chi connectivity index (χ0n) is 17.4. The van der Waals surface area contributed by atoms with Gasteiger partial charge in [0.05, 0.1) is 10.7 Å². The van der Waals surface area contributed by atoms with Crippen molar-refractivity contribution in [1.29, 1.82) is 0 Å². The van der Waals surface area contributed by atoms with E-state index in [0.717, 1.165) is 29.2 Å². The molecule has 3 rings (SSSR count). The molecular weight excluding hydrogens is 431 g/mol. The molecule has 0 bridgehead atoms. The molecule has 0 radical (unpaired) electrons. The molecule has 166 valence electrons. The highest BCUT2D eigenvalue weighted by atomic mass is 35.5. The van der Waals surface area contributed by atoms with Crippen LogP contribution in [0.3, 0.4) is 0 Å². The Bertz CT molecular complexity index is 1030. The van der Waals surface area contributed by atoms with Crippen LogP contribution >= 0.6 is 11.6 Å². The van der Waals surface area contributed by atoms with E-state index in [1.165, 1.54) is 12.1 Å². The number of aromatic nitrogens is 2. The Morgan fingerprint density at radius 3 is 2.52 bits per heavy atom. The molecule has 0 unspecified atom stereocenters. The normalized spacial score (nSPS) is 14.7. The van der Waals surface area contributed by atoms with Gasteiger partial charge < -0.3 is 10.1 Å². The minimum atomic E-state index is -4.67. The average molecular weight is 454 g/mol. The molecular formula is C22H23ClF3N3O2. The van der Waals surface area contributed by atoms with Gasteiger partial charge in [0.25, 0.3) is 5.91 Å². The number of halogens is 4. The Labute approximate surface area is 183 Å². The molecule has 1 aromatic carbocycles. The van der Waals surface area contributed by atoms with Gasteiger partial charge in [0, 0.05) is 11.8 Å². The van der Waals surface area contributed by atoms with Crippen molar-refractivity contribution < 1.29 is 22.7 Å². The quantitative estimate of drug-likeness (QED) is 0.632. The number of hydrogen-bond acceptors (Lipinski definition) is 3. The van der Waals surface area contributed by atoms with Crippen molar-refractivity contribution in [2.45, 2.75) is 39.8 Å². The van der Waals surface area contributed by atoms with Gasteiger partial charge in [-0.25, -0.2) is 0 Å². The highest BCUT2D eigenvalue weighted by molar-refractivity contribution is 6.32. The van der Waals surface area contributed by atoms with Crippen LogP contribution < -0.4 is 10.1 Å². The lowest BCUT2D eigenvalue weighted by atomic mass is 9.81. The number of rotatable bonds is 5. The molecule has 1 aliphatic carbocycles. The predicted molar refractivity (Wildman–Crippen MR) is 112 cm³/mol. The van der Waals surface area contributed by atoms with Gasteiger partial charge in [-0.3, -0.25) is 4.79 Å². The Morgan fingerprint density at radius 1 is 1.19 bits per heavy atom. The van der Waals surface area contributed by atoms with Gasteiger partial charge in [0.2, 0.25) is 5.88 Å². The zero-order chi connectivity index (χ0) is 22.8. The molecule has 5 nitrogen and oxygen atoms in total. The lowest BCUT2D eigenvalue weighted by molar-refractivity contribution is -0.141. The van der Waals surface area contributed by atoms with Crippen LogP contribution in [0, 0.1) is 5.41 Å². The smallest absolute Gasteiger partial charge is 0.435 e. The topological polar surface area (TPSA) is 56.1 Å². The third kappa shape index (κ3) is 5.50. The van der Waals surface area contributed by atoms with Gasteiger partial charge in [-0.2, -0.15) is 23.0 Å². The van der Waals surface area contributed by atoms with Crippen LogP contribution in [0.1, 0.15) is 39.3 Å². The number of benzene rings is 1. The van der Waals surface area contributed by atoms with E-state index in [0.29, 0.717) is 5.70 Å². The van der Waals surface area contributed by atoms with E-state index in [4.69, 9.17) is 16.3 Å². The van der Waals surface area contributed by atoms with Gasteiger partial charge in [-0.05, 0) is 36.0 Å². The number of nitrogens with one attached hydrogen (secondary N) is 1. The van der Waals surface area contributed by atoms with Crippen molar-refractivity contribution in [3.05, 3.63) is 64.5 Å². The first kappa shape index (κ1) is 22.9. The summed E-state index contributed by atoms with van der Waals surface area (Å²) in [6.07, 6.45) is 1.03. The van der Waals surface area contributed by atoms with Crippen molar-refractivity contribution in [1.82, 2.24) is 15.1 Å². The Hall–Kier alpha value is -2.74. The molecule has 0 aliphatic heterocycles. The van der Waals surface area contributed by atoms with E-state index < -0.39 is 24.4 Å². The lowest BCUT2D eigenvalue weighted by Gasteiger charge is -2.28. The molecule has 1 amide bonds. The summed E-state index contributed by atoms with van der Waals surface area (Å²) in [6, 6.07) is 7.04. The van der Waals surface area contributed by atoms with E-state index >= 15 is 0 Å². The summed E-state index contributed by atoms with van der Waals surface area (Å²) in [5.41, 5.74) is 0.610. The molecule has 31 heavy (non-hydrogen) atoms. The van der Waals surface area contributed by atoms with E-state index in [2.05, 4.69) is 16.5 Å². The fraction of sp³-hybridized carbons (Fsp3) is 0.364. The second kappa shape index (κ2) is 8.78. The molecule has 1 heterocycles. The average Bonchev–Trinajstić information content (AvgIpc) is 3.11. The number of hydrogen-bond donors (Lipinski definition) is 1. The van der Waals surface area contributed by atoms with Gasteiger partial charge >= 0.3 is 6.18 Å². The van der Waals surface area contributed by atoms with Crippen LogP contribution in [0.5, 0.6) is 5.88 Å². The molecule has 0 saturated heterocycles. The number of allylic oxidation sites excluding steroid dienone is 3. The Kier molecular flexibility index (Phi) is 6.50. The van der Waals surface area contributed by atoms with E-state index in [1.54, 1.807) is 12.1 Å². The van der Waals surface area contributed by atoms with Crippen LogP contribution in [0.4, 0.5) is 13.2 Å². The second-order valence-electron chi connectivity index (χ2n) is 8.13. The maximum absolute atomic E-state index is 13.2. The fourth-order valence-corrected chi connectivity index (χ4v) is 3.45. The van der Waals surface area contributed by atoms with E-state index in [-0.39, 0.29) is 22.0 Å². The summed E-state index contributed by atoms with van der Waals surface area (Å²) in [5.74, 6) is -0.719. The number of alkyl halides is 3. The summed E-state index contributed by atoms with van der Waals surface area (Å²) in [4.78, 5) is 12.5. The molecule has 1 aromatic heterocycles.